The lowest BCUT2D eigenvalue weighted by Gasteiger charge is -2.15. The summed E-state index contributed by atoms with van der Waals surface area (Å²) in [4.78, 5) is 7.90. The summed E-state index contributed by atoms with van der Waals surface area (Å²) in [6.45, 7) is 0. The molecule has 3 nitrogen and oxygen atoms in total. The molecule has 1 N–H and O–H groups in total. The van der Waals surface area contributed by atoms with Crippen LogP contribution in [0.15, 0.2) is 0 Å². The lowest BCUT2D eigenvalue weighted by atomic mass is 10.2. The Morgan fingerprint density at radius 1 is 1.21 bits per heavy atom. The van der Waals surface area contributed by atoms with Gasteiger partial charge in [0.1, 0.15) is 0 Å². The van der Waals surface area contributed by atoms with E-state index in [-0.39, 0.29) is 0 Å². The van der Waals surface area contributed by atoms with Crippen LogP contribution in [-0.2, 0) is 9.09 Å². The fourth-order valence-electron chi connectivity index (χ4n) is 0.532. The van der Waals surface area contributed by atoms with Crippen molar-refractivity contribution in [2.45, 2.75) is 24.9 Å². The molecule has 0 bridgehead atoms. The molecule has 10 heteroatoms. The van der Waals surface area contributed by atoms with Crippen molar-refractivity contribution in [1.82, 2.24) is 0 Å². The van der Waals surface area contributed by atoms with Crippen molar-refractivity contribution in [1.29, 1.82) is 0 Å². The van der Waals surface area contributed by atoms with Crippen LogP contribution in [0.3, 0.4) is 0 Å². The van der Waals surface area contributed by atoms with Gasteiger partial charge in [-0.05, 0) is 0 Å². The Labute approximate surface area is 74.6 Å². The highest BCUT2D eigenvalue weighted by Gasteiger charge is 2.52. The van der Waals surface area contributed by atoms with Crippen molar-refractivity contribution in [2.75, 3.05) is 0 Å². The second kappa shape index (κ2) is 4.41. The number of hydrogen-bond donors (Lipinski definition) is 1. The van der Waals surface area contributed by atoms with E-state index >= 15 is 0 Å². The smallest absolute Gasteiger partial charge is 0.171 e. The molecule has 0 fully saturated rings. The number of alkyl halides is 6. The van der Waals surface area contributed by atoms with Crippen LogP contribution in [0.1, 0.15) is 6.42 Å². The molecule has 0 aromatic carbocycles. The normalized spacial score (nSPS) is 16.6. The van der Waals surface area contributed by atoms with E-state index in [2.05, 4.69) is 4.52 Å². The molecule has 2 atom stereocenters. The molecule has 0 saturated heterocycles. The largest absolute Gasteiger partial charge is 0.695 e. The van der Waals surface area contributed by atoms with Gasteiger partial charge in [-0.2, -0.15) is 26.3 Å². The molecule has 0 aliphatic carbocycles. The summed E-state index contributed by atoms with van der Waals surface area (Å²) < 4.78 is 82.8. The molecule has 84 valence electrons. The average molecular weight is 245 g/mol. The molecule has 2 unspecified atom stereocenters. The number of hydrogen-bond acceptors (Lipinski definition) is 2. The first-order valence-corrected chi connectivity index (χ1v) is 4.12. The first kappa shape index (κ1) is 13.6. The Morgan fingerprint density at radius 3 is 1.86 bits per heavy atom. The number of rotatable bonds is 3. The summed E-state index contributed by atoms with van der Waals surface area (Å²) in [6.07, 6.45) is -16.1. The molecule has 0 radical (unpaired) electrons. The van der Waals surface area contributed by atoms with Crippen LogP contribution in [0.2, 0.25) is 0 Å². The van der Waals surface area contributed by atoms with E-state index in [1.165, 1.54) is 0 Å². The van der Waals surface area contributed by atoms with Crippen LogP contribution in [-0.4, -0.2) is 23.3 Å². The quantitative estimate of drug-likeness (QED) is 0.613. The van der Waals surface area contributed by atoms with E-state index in [1.54, 1.807) is 0 Å². The third-order valence-electron chi connectivity index (χ3n) is 0.999. The zero-order chi connectivity index (χ0) is 11.6. The maximum absolute atomic E-state index is 11.7. The Morgan fingerprint density at radius 2 is 1.64 bits per heavy atom. The monoisotopic (exact) mass is 245 g/mol. The molecule has 0 aliphatic rings. The van der Waals surface area contributed by atoms with Gasteiger partial charge >= 0.3 is 20.6 Å². The van der Waals surface area contributed by atoms with Crippen LogP contribution in [0.4, 0.5) is 26.3 Å². The molecule has 0 amide bonds. The second-order valence-electron chi connectivity index (χ2n) is 2.19. The van der Waals surface area contributed by atoms with E-state index in [1.807, 2.05) is 0 Å². The summed E-state index contributed by atoms with van der Waals surface area (Å²) in [7, 11) is -3.73. The van der Waals surface area contributed by atoms with Crippen molar-refractivity contribution in [3.05, 3.63) is 0 Å². The van der Waals surface area contributed by atoms with Crippen LogP contribution in [0.5, 0.6) is 0 Å². The molecule has 0 aromatic rings. The van der Waals surface area contributed by atoms with Gasteiger partial charge < -0.3 is 0 Å². The molecule has 0 saturated carbocycles. The van der Waals surface area contributed by atoms with E-state index in [0.29, 0.717) is 0 Å². The summed E-state index contributed by atoms with van der Waals surface area (Å²) in [6, 6.07) is 0. The van der Waals surface area contributed by atoms with Crippen molar-refractivity contribution >= 4 is 8.25 Å². The lowest BCUT2D eigenvalue weighted by Crippen LogP contribution is -2.34. The zero-order valence-electron chi connectivity index (χ0n) is 6.26. The van der Waals surface area contributed by atoms with Gasteiger partial charge in [-0.15, -0.1) is 9.42 Å². The molecule has 0 aliphatic heterocycles. The SMILES string of the molecule is O=[P+](O)OC(CC(F)(F)F)C(F)(F)F. The van der Waals surface area contributed by atoms with Gasteiger partial charge in [0, 0.05) is 4.57 Å². The first-order valence-electron chi connectivity index (χ1n) is 2.99. The van der Waals surface area contributed by atoms with E-state index in [0.717, 1.165) is 0 Å². The van der Waals surface area contributed by atoms with Crippen molar-refractivity contribution in [3.8, 4) is 0 Å². The maximum Gasteiger partial charge on any atom is 0.695 e. The summed E-state index contributed by atoms with van der Waals surface area (Å²) in [5.41, 5.74) is 0. The molecular formula is C4H4F6O3P+. The fraction of sp³-hybridized carbons (Fsp3) is 1.00. The first-order chi connectivity index (χ1) is 6.02. The third kappa shape index (κ3) is 6.11. The van der Waals surface area contributed by atoms with E-state index in [4.69, 9.17) is 4.89 Å². The van der Waals surface area contributed by atoms with E-state index in [9.17, 15) is 30.9 Å². The maximum atomic E-state index is 11.7. The molecule has 0 heterocycles. The minimum atomic E-state index is -5.33. The van der Waals surface area contributed by atoms with Crippen LogP contribution < -0.4 is 0 Å². The molecule has 0 spiro atoms. The molecular weight excluding hydrogens is 241 g/mol. The van der Waals surface area contributed by atoms with Gasteiger partial charge in [-0.3, -0.25) is 0 Å². The Kier molecular flexibility index (Phi) is 4.29. The van der Waals surface area contributed by atoms with Crippen molar-refractivity contribution in [3.63, 3.8) is 0 Å². The van der Waals surface area contributed by atoms with Crippen molar-refractivity contribution in [2.24, 2.45) is 0 Å². The molecule has 14 heavy (non-hydrogen) atoms. The third-order valence-corrected chi connectivity index (χ3v) is 1.43. The summed E-state index contributed by atoms with van der Waals surface area (Å²) in [5.74, 6) is 0. The predicted octanol–water partition coefficient (Wildman–Crippen LogP) is 2.54. The van der Waals surface area contributed by atoms with Gasteiger partial charge in [-0.25, -0.2) is 0 Å². The minimum absolute atomic E-state index is 2.35. The highest BCUT2D eigenvalue weighted by atomic mass is 31.1. The second-order valence-corrected chi connectivity index (χ2v) is 2.88. The van der Waals surface area contributed by atoms with Crippen LogP contribution in [0, 0.1) is 0 Å². The molecule has 0 rings (SSSR count). The highest BCUT2D eigenvalue weighted by Crippen LogP contribution is 2.36. The van der Waals surface area contributed by atoms with Gasteiger partial charge in [0.2, 0.25) is 6.10 Å². The Hall–Kier alpha value is -0.400. The molecule has 0 aromatic heterocycles. The number of halogens is 6. The van der Waals surface area contributed by atoms with Gasteiger partial charge in [-0.1, -0.05) is 0 Å². The fourth-order valence-corrected chi connectivity index (χ4v) is 0.944. The zero-order valence-corrected chi connectivity index (χ0v) is 7.16. The average Bonchev–Trinajstić information content (AvgIpc) is 1.78. The Balaban J connectivity index is 4.50. The topological polar surface area (TPSA) is 46.5 Å². The van der Waals surface area contributed by atoms with E-state index < -0.39 is 33.1 Å². The summed E-state index contributed by atoms with van der Waals surface area (Å²) >= 11 is 0. The van der Waals surface area contributed by atoms with Gasteiger partial charge in [0.05, 0.1) is 6.42 Å². The summed E-state index contributed by atoms with van der Waals surface area (Å²) in [5, 5.41) is 0. The van der Waals surface area contributed by atoms with Crippen LogP contribution >= 0.6 is 8.25 Å². The predicted molar refractivity (Wildman–Crippen MR) is 31.4 cm³/mol. The van der Waals surface area contributed by atoms with Gasteiger partial charge in [0.15, 0.2) is 0 Å². The van der Waals surface area contributed by atoms with Crippen LogP contribution in [0.25, 0.3) is 0 Å². The van der Waals surface area contributed by atoms with Gasteiger partial charge in [0.25, 0.3) is 0 Å². The highest BCUT2D eigenvalue weighted by molar-refractivity contribution is 7.32. The minimum Gasteiger partial charge on any atom is -0.171 e. The Bertz CT molecular complexity index is 210. The lowest BCUT2D eigenvalue weighted by molar-refractivity contribution is -0.234. The standard InChI is InChI=1S/C4H3F6O3P/c5-3(6,7)1-2(4(8,9)10)13-14(11)12/h2H,1H2/p+1. The van der Waals surface area contributed by atoms with Crippen molar-refractivity contribution < 1.29 is 40.3 Å².